The molecule has 0 aromatic heterocycles. The van der Waals surface area contributed by atoms with Crippen LogP contribution in [0.25, 0.3) is 0 Å². The van der Waals surface area contributed by atoms with Crippen molar-refractivity contribution in [3.8, 4) is 6.07 Å². The predicted molar refractivity (Wildman–Crippen MR) is 89.2 cm³/mol. The highest BCUT2D eigenvalue weighted by atomic mass is 16.5. The van der Waals surface area contributed by atoms with Gasteiger partial charge in [-0.3, -0.25) is 4.90 Å². The molecule has 1 saturated heterocycles. The molecule has 6 heteroatoms. The Labute approximate surface area is 137 Å². The first-order valence-corrected chi connectivity index (χ1v) is 7.97. The molecule has 1 unspecified atom stereocenters. The van der Waals surface area contributed by atoms with Crippen molar-refractivity contribution < 1.29 is 9.53 Å². The van der Waals surface area contributed by atoms with Crippen LogP contribution in [0.1, 0.15) is 19.4 Å². The zero-order chi connectivity index (χ0) is 16.7. The number of anilines is 1. The standard InChI is InChI=1S/C17H24N4O2/c1-13(2)16(21-7-9-23-10-8-21)12-19-17(22)20-15-5-3-14(11-18)4-6-15/h3-6,13,16H,7-10,12H2,1-2H3,(H2,19,20,22). The second-order valence-corrected chi connectivity index (χ2v) is 5.98. The zero-order valence-electron chi connectivity index (χ0n) is 13.7. The van der Waals surface area contributed by atoms with Crippen LogP contribution in [0.15, 0.2) is 24.3 Å². The molecule has 124 valence electrons. The fourth-order valence-electron chi connectivity index (χ4n) is 2.70. The lowest BCUT2D eigenvalue weighted by molar-refractivity contribution is 0.00728. The summed E-state index contributed by atoms with van der Waals surface area (Å²) in [5.41, 5.74) is 1.25. The molecule has 0 radical (unpaired) electrons. The Balaban J connectivity index is 1.84. The van der Waals surface area contributed by atoms with Crippen LogP contribution in [-0.2, 0) is 4.74 Å². The molecule has 0 saturated carbocycles. The van der Waals surface area contributed by atoms with Gasteiger partial charge in [-0.1, -0.05) is 13.8 Å². The Morgan fingerprint density at radius 2 is 1.96 bits per heavy atom. The number of hydrogen-bond donors (Lipinski definition) is 2. The predicted octanol–water partition coefficient (Wildman–Crippen LogP) is 2.04. The van der Waals surface area contributed by atoms with Gasteiger partial charge in [-0.05, 0) is 30.2 Å². The normalized spacial score (nSPS) is 16.6. The average molecular weight is 316 g/mol. The number of amides is 2. The SMILES string of the molecule is CC(C)C(CNC(=O)Nc1ccc(C#N)cc1)N1CCOCC1. The van der Waals surface area contributed by atoms with Crippen molar-refractivity contribution in [2.24, 2.45) is 5.92 Å². The number of carbonyl (C=O) groups excluding carboxylic acids is 1. The number of ether oxygens (including phenoxy) is 1. The Bertz CT molecular complexity index is 545. The highest BCUT2D eigenvalue weighted by Crippen LogP contribution is 2.13. The van der Waals surface area contributed by atoms with Gasteiger partial charge in [-0.25, -0.2) is 4.79 Å². The van der Waals surface area contributed by atoms with Gasteiger partial charge in [0.05, 0.1) is 24.8 Å². The number of benzene rings is 1. The fourth-order valence-corrected chi connectivity index (χ4v) is 2.70. The van der Waals surface area contributed by atoms with Gasteiger partial charge in [0.25, 0.3) is 0 Å². The minimum absolute atomic E-state index is 0.228. The van der Waals surface area contributed by atoms with Gasteiger partial charge in [-0.2, -0.15) is 5.26 Å². The third kappa shape index (κ3) is 5.23. The Kier molecular flexibility index (Phi) is 6.39. The molecule has 1 aromatic carbocycles. The van der Waals surface area contributed by atoms with Gasteiger partial charge in [-0.15, -0.1) is 0 Å². The molecule has 23 heavy (non-hydrogen) atoms. The molecule has 1 heterocycles. The Hall–Kier alpha value is -2.10. The molecule has 1 atom stereocenters. The monoisotopic (exact) mass is 316 g/mol. The van der Waals surface area contributed by atoms with E-state index in [4.69, 9.17) is 10.00 Å². The van der Waals surface area contributed by atoms with E-state index in [0.29, 0.717) is 29.8 Å². The lowest BCUT2D eigenvalue weighted by Crippen LogP contribution is -2.51. The van der Waals surface area contributed by atoms with Crippen molar-refractivity contribution in [3.05, 3.63) is 29.8 Å². The van der Waals surface area contributed by atoms with E-state index < -0.39 is 0 Å². The van der Waals surface area contributed by atoms with Crippen molar-refractivity contribution >= 4 is 11.7 Å². The van der Waals surface area contributed by atoms with Gasteiger partial charge in [0.1, 0.15) is 0 Å². The summed E-state index contributed by atoms with van der Waals surface area (Å²) in [5, 5.41) is 14.5. The van der Waals surface area contributed by atoms with Crippen LogP contribution in [0.4, 0.5) is 10.5 Å². The maximum absolute atomic E-state index is 12.0. The molecule has 1 aliphatic heterocycles. The first-order chi connectivity index (χ1) is 11.1. The van der Waals surface area contributed by atoms with Gasteiger partial charge in [0.2, 0.25) is 0 Å². The van der Waals surface area contributed by atoms with E-state index >= 15 is 0 Å². The number of urea groups is 1. The maximum Gasteiger partial charge on any atom is 0.319 e. The van der Waals surface area contributed by atoms with Crippen LogP contribution in [0.2, 0.25) is 0 Å². The van der Waals surface area contributed by atoms with Crippen LogP contribution in [-0.4, -0.2) is 49.8 Å². The first kappa shape index (κ1) is 17.3. The summed E-state index contributed by atoms with van der Waals surface area (Å²) in [6, 6.07) is 8.93. The van der Waals surface area contributed by atoms with E-state index in [2.05, 4.69) is 35.5 Å². The molecule has 1 aliphatic rings. The molecule has 2 rings (SSSR count). The van der Waals surface area contributed by atoms with E-state index in [9.17, 15) is 4.79 Å². The summed E-state index contributed by atoms with van der Waals surface area (Å²) in [5.74, 6) is 0.448. The molecular weight excluding hydrogens is 292 g/mol. The lowest BCUT2D eigenvalue weighted by atomic mass is 10.0. The van der Waals surface area contributed by atoms with E-state index in [1.54, 1.807) is 24.3 Å². The second kappa shape index (κ2) is 8.51. The smallest absolute Gasteiger partial charge is 0.319 e. The summed E-state index contributed by atoms with van der Waals surface area (Å²) in [4.78, 5) is 14.4. The largest absolute Gasteiger partial charge is 0.379 e. The number of nitriles is 1. The Morgan fingerprint density at radius 3 is 2.52 bits per heavy atom. The van der Waals surface area contributed by atoms with Crippen molar-refractivity contribution in [2.45, 2.75) is 19.9 Å². The highest BCUT2D eigenvalue weighted by Gasteiger charge is 2.24. The molecule has 0 bridgehead atoms. The van der Waals surface area contributed by atoms with Crippen molar-refractivity contribution in [3.63, 3.8) is 0 Å². The molecule has 2 N–H and O–H groups in total. The topological polar surface area (TPSA) is 77.4 Å². The van der Waals surface area contributed by atoms with E-state index in [1.807, 2.05) is 0 Å². The molecule has 2 amide bonds. The summed E-state index contributed by atoms with van der Waals surface area (Å²) in [7, 11) is 0. The van der Waals surface area contributed by atoms with Crippen LogP contribution in [0.3, 0.4) is 0 Å². The number of nitrogens with zero attached hydrogens (tertiary/aromatic N) is 2. The maximum atomic E-state index is 12.0. The van der Waals surface area contributed by atoms with Crippen molar-refractivity contribution in [1.29, 1.82) is 5.26 Å². The van der Waals surface area contributed by atoms with E-state index in [-0.39, 0.29) is 6.03 Å². The summed E-state index contributed by atoms with van der Waals surface area (Å²) < 4.78 is 5.39. The quantitative estimate of drug-likeness (QED) is 0.871. The molecule has 6 nitrogen and oxygen atoms in total. The average Bonchev–Trinajstić information content (AvgIpc) is 2.56. The molecule has 0 aliphatic carbocycles. The minimum Gasteiger partial charge on any atom is -0.379 e. The highest BCUT2D eigenvalue weighted by molar-refractivity contribution is 5.89. The summed E-state index contributed by atoms with van der Waals surface area (Å²) in [6.45, 7) is 8.24. The summed E-state index contributed by atoms with van der Waals surface area (Å²) in [6.07, 6.45) is 0. The summed E-state index contributed by atoms with van der Waals surface area (Å²) >= 11 is 0. The van der Waals surface area contributed by atoms with Gasteiger partial charge in [0, 0.05) is 31.4 Å². The fraction of sp³-hybridized carbons (Fsp3) is 0.529. The number of nitrogens with one attached hydrogen (secondary N) is 2. The Morgan fingerprint density at radius 1 is 1.30 bits per heavy atom. The van der Waals surface area contributed by atoms with Gasteiger partial charge >= 0.3 is 6.03 Å². The lowest BCUT2D eigenvalue weighted by Gasteiger charge is -2.36. The third-order valence-electron chi connectivity index (χ3n) is 4.03. The number of rotatable bonds is 5. The third-order valence-corrected chi connectivity index (χ3v) is 4.03. The molecular formula is C17H24N4O2. The first-order valence-electron chi connectivity index (χ1n) is 7.97. The van der Waals surface area contributed by atoms with E-state index in [1.165, 1.54) is 0 Å². The second-order valence-electron chi connectivity index (χ2n) is 5.98. The van der Waals surface area contributed by atoms with E-state index in [0.717, 1.165) is 26.3 Å². The van der Waals surface area contributed by atoms with Gasteiger partial charge < -0.3 is 15.4 Å². The van der Waals surface area contributed by atoms with Crippen molar-refractivity contribution in [1.82, 2.24) is 10.2 Å². The van der Waals surface area contributed by atoms with Crippen LogP contribution in [0.5, 0.6) is 0 Å². The molecule has 1 aromatic rings. The molecule has 0 spiro atoms. The number of morpholine rings is 1. The van der Waals surface area contributed by atoms with Crippen LogP contribution < -0.4 is 10.6 Å². The van der Waals surface area contributed by atoms with Gasteiger partial charge in [0.15, 0.2) is 0 Å². The minimum atomic E-state index is -0.228. The zero-order valence-corrected chi connectivity index (χ0v) is 13.7. The van der Waals surface area contributed by atoms with Crippen LogP contribution in [0, 0.1) is 17.2 Å². The number of hydrogen-bond acceptors (Lipinski definition) is 4. The van der Waals surface area contributed by atoms with Crippen molar-refractivity contribution in [2.75, 3.05) is 38.2 Å². The molecule has 1 fully saturated rings. The van der Waals surface area contributed by atoms with Crippen LogP contribution >= 0.6 is 0 Å². The number of carbonyl (C=O) groups is 1.